The molecule has 0 aromatic rings. The molecule has 0 fully saturated rings. The van der Waals surface area contributed by atoms with E-state index in [2.05, 4.69) is 10.6 Å². The van der Waals surface area contributed by atoms with Gasteiger partial charge in [0.15, 0.2) is 0 Å². The molecule has 0 saturated heterocycles. The molecule has 2 amide bonds. The van der Waals surface area contributed by atoms with Crippen LogP contribution in [0.15, 0.2) is 0 Å². The fraction of sp³-hybridized carbons (Fsp3) is 0.800. The maximum absolute atomic E-state index is 11.1. The summed E-state index contributed by atoms with van der Waals surface area (Å²) in [5, 5.41) is 21.9. The molecule has 0 heterocycles. The van der Waals surface area contributed by atoms with Crippen LogP contribution in [0.25, 0.3) is 0 Å². The van der Waals surface area contributed by atoms with Gasteiger partial charge in [-0.1, -0.05) is 13.3 Å². The Kier molecular flexibility index (Phi) is 8.46. The van der Waals surface area contributed by atoms with Crippen molar-refractivity contribution in [2.45, 2.75) is 38.9 Å². The molecule has 16 heavy (non-hydrogen) atoms. The van der Waals surface area contributed by atoms with Crippen LogP contribution >= 0.6 is 0 Å². The predicted molar refractivity (Wildman–Crippen MR) is 58.4 cm³/mol. The fourth-order valence-electron chi connectivity index (χ4n) is 1.04. The number of aliphatic hydroxyl groups excluding tert-OH is 1. The minimum atomic E-state index is -1.97. The average Bonchev–Trinajstić information content (AvgIpc) is 2.25. The van der Waals surface area contributed by atoms with Gasteiger partial charge in [0, 0.05) is 19.5 Å². The largest absolute Gasteiger partial charge is 0.361 e. The van der Waals surface area contributed by atoms with Gasteiger partial charge < -0.3 is 20.8 Å². The normalized spacial score (nSPS) is 10.2. The molecular weight excluding hydrogens is 212 g/mol. The van der Waals surface area contributed by atoms with Crippen molar-refractivity contribution >= 4 is 11.8 Å². The van der Waals surface area contributed by atoms with E-state index in [-0.39, 0.29) is 5.91 Å². The maximum Gasteiger partial charge on any atom is 0.276 e. The molecule has 0 aromatic heterocycles. The molecule has 0 aliphatic rings. The summed E-state index contributed by atoms with van der Waals surface area (Å²) < 4.78 is 0. The first kappa shape index (κ1) is 14.9. The monoisotopic (exact) mass is 232 g/mol. The molecule has 0 aromatic carbocycles. The molecule has 0 aliphatic carbocycles. The number of amides is 2. The third-order valence-corrected chi connectivity index (χ3v) is 1.97. The highest BCUT2D eigenvalue weighted by Gasteiger charge is 2.08. The van der Waals surface area contributed by atoms with Gasteiger partial charge in [0.05, 0.1) is 0 Å². The van der Waals surface area contributed by atoms with Gasteiger partial charge in [0.2, 0.25) is 12.2 Å². The molecule has 0 aliphatic heterocycles. The van der Waals surface area contributed by atoms with Crippen molar-refractivity contribution in [2.24, 2.45) is 0 Å². The zero-order valence-corrected chi connectivity index (χ0v) is 9.53. The minimum Gasteiger partial charge on any atom is -0.361 e. The Morgan fingerprint density at radius 3 is 2.31 bits per heavy atom. The Morgan fingerprint density at radius 1 is 1.12 bits per heavy atom. The average molecular weight is 232 g/mol. The first-order chi connectivity index (χ1) is 7.57. The minimum absolute atomic E-state index is 0.00960. The van der Waals surface area contributed by atoms with Crippen LogP contribution in [-0.4, -0.2) is 41.4 Å². The number of hydrogen-bond acceptors (Lipinski definition) is 4. The van der Waals surface area contributed by atoms with E-state index in [1.807, 2.05) is 6.92 Å². The van der Waals surface area contributed by atoms with Crippen molar-refractivity contribution in [3.63, 3.8) is 0 Å². The van der Waals surface area contributed by atoms with E-state index >= 15 is 0 Å². The number of nitrogens with one attached hydrogen (secondary N) is 2. The van der Waals surface area contributed by atoms with Crippen LogP contribution in [0.5, 0.6) is 0 Å². The first-order valence-electron chi connectivity index (χ1n) is 5.48. The van der Waals surface area contributed by atoms with E-state index < -0.39 is 12.2 Å². The zero-order valence-electron chi connectivity index (χ0n) is 9.53. The lowest BCUT2D eigenvalue weighted by atomic mass is 10.2. The van der Waals surface area contributed by atoms with Gasteiger partial charge in [-0.3, -0.25) is 9.59 Å². The number of carbonyl (C=O) groups is 2. The third-order valence-electron chi connectivity index (χ3n) is 1.97. The van der Waals surface area contributed by atoms with E-state index in [9.17, 15) is 9.59 Å². The van der Waals surface area contributed by atoms with Crippen LogP contribution in [-0.2, 0) is 9.59 Å². The quantitative estimate of drug-likeness (QED) is 0.322. The lowest BCUT2D eigenvalue weighted by Gasteiger charge is -2.07. The highest BCUT2D eigenvalue weighted by molar-refractivity contribution is 5.78. The highest BCUT2D eigenvalue weighted by atomic mass is 16.5. The second-order valence-corrected chi connectivity index (χ2v) is 3.47. The Bertz CT molecular complexity index is 219. The lowest BCUT2D eigenvalue weighted by molar-refractivity contribution is -0.147. The Morgan fingerprint density at radius 2 is 1.75 bits per heavy atom. The van der Waals surface area contributed by atoms with E-state index in [0.29, 0.717) is 25.9 Å². The third kappa shape index (κ3) is 8.19. The van der Waals surface area contributed by atoms with Gasteiger partial charge in [-0.25, -0.2) is 0 Å². The number of carbonyl (C=O) groups excluding carboxylic acids is 2. The van der Waals surface area contributed by atoms with Gasteiger partial charge >= 0.3 is 0 Å². The summed E-state index contributed by atoms with van der Waals surface area (Å²) in [6, 6.07) is 0. The molecule has 0 unspecified atom stereocenters. The van der Waals surface area contributed by atoms with Crippen molar-refractivity contribution in [1.29, 1.82) is 0 Å². The number of hydrogen-bond donors (Lipinski definition) is 4. The summed E-state index contributed by atoms with van der Waals surface area (Å²) >= 11 is 0. The topological polar surface area (TPSA) is 98.7 Å². The summed E-state index contributed by atoms with van der Waals surface area (Å²) in [5.74, 6) is -0.812. The summed E-state index contributed by atoms with van der Waals surface area (Å²) in [6.45, 7) is 2.80. The zero-order chi connectivity index (χ0) is 12.4. The first-order valence-corrected chi connectivity index (χ1v) is 5.48. The van der Waals surface area contributed by atoms with Crippen molar-refractivity contribution in [2.75, 3.05) is 13.1 Å². The molecular formula is C10H20N2O4. The van der Waals surface area contributed by atoms with E-state index in [0.717, 1.165) is 12.8 Å². The van der Waals surface area contributed by atoms with Crippen molar-refractivity contribution < 1.29 is 19.8 Å². The van der Waals surface area contributed by atoms with E-state index in [1.54, 1.807) is 0 Å². The summed E-state index contributed by atoms with van der Waals surface area (Å²) in [6.07, 6.45) is 0.977. The molecule has 0 bridgehead atoms. The van der Waals surface area contributed by atoms with Crippen molar-refractivity contribution in [1.82, 2.24) is 10.6 Å². The Balaban J connectivity index is 3.33. The molecule has 0 saturated carbocycles. The molecule has 0 atom stereocenters. The van der Waals surface area contributed by atoms with E-state index in [4.69, 9.17) is 10.2 Å². The second kappa shape index (κ2) is 9.11. The SMILES string of the molecule is CCCCC(=O)NCCCNC(=O)C(O)O. The van der Waals surface area contributed by atoms with Crippen LogP contribution in [0.1, 0.15) is 32.6 Å². The molecule has 0 radical (unpaired) electrons. The van der Waals surface area contributed by atoms with Gasteiger partial charge in [-0.15, -0.1) is 0 Å². The van der Waals surface area contributed by atoms with Gasteiger partial charge in [0.1, 0.15) is 0 Å². The smallest absolute Gasteiger partial charge is 0.276 e. The lowest BCUT2D eigenvalue weighted by Crippen LogP contribution is -2.36. The van der Waals surface area contributed by atoms with Crippen LogP contribution < -0.4 is 10.6 Å². The Hall–Kier alpha value is -1.14. The summed E-state index contributed by atoms with van der Waals surface area (Å²) in [7, 11) is 0. The molecule has 6 heteroatoms. The molecule has 6 nitrogen and oxygen atoms in total. The fourth-order valence-corrected chi connectivity index (χ4v) is 1.04. The van der Waals surface area contributed by atoms with Crippen LogP contribution in [0.4, 0.5) is 0 Å². The second-order valence-electron chi connectivity index (χ2n) is 3.47. The number of unbranched alkanes of at least 4 members (excludes halogenated alkanes) is 1. The molecule has 4 N–H and O–H groups in total. The highest BCUT2D eigenvalue weighted by Crippen LogP contribution is 1.92. The number of aliphatic hydroxyl groups is 2. The standard InChI is InChI=1S/C10H20N2O4/c1-2-3-5-8(13)11-6-4-7-12-9(14)10(15)16/h10,15-16H,2-7H2,1H3,(H,11,13)(H,12,14). The number of rotatable bonds is 8. The van der Waals surface area contributed by atoms with Crippen LogP contribution in [0.2, 0.25) is 0 Å². The maximum atomic E-state index is 11.1. The van der Waals surface area contributed by atoms with Gasteiger partial charge in [-0.2, -0.15) is 0 Å². The van der Waals surface area contributed by atoms with Crippen molar-refractivity contribution in [3.8, 4) is 0 Å². The van der Waals surface area contributed by atoms with E-state index in [1.165, 1.54) is 0 Å². The predicted octanol–water partition coefficient (Wildman–Crippen LogP) is -0.890. The van der Waals surface area contributed by atoms with Gasteiger partial charge in [0.25, 0.3) is 5.91 Å². The summed E-state index contributed by atoms with van der Waals surface area (Å²) in [4.78, 5) is 21.8. The Labute approximate surface area is 95.0 Å². The summed E-state index contributed by atoms with van der Waals surface area (Å²) in [5.41, 5.74) is 0. The molecule has 0 spiro atoms. The van der Waals surface area contributed by atoms with Crippen molar-refractivity contribution in [3.05, 3.63) is 0 Å². The van der Waals surface area contributed by atoms with Crippen LogP contribution in [0, 0.1) is 0 Å². The molecule has 0 rings (SSSR count). The van der Waals surface area contributed by atoms with Crippen LogP contribution in [0.3, 0.4) is 0 Å². The molecule has 94 valence electrons. The van der Waals surface area contributed by atoms with Gasteiger partial charge in [-0.05, 0) is 12.8 Å².